The van der Waals surface area contributed by atoms with E-state index in [9.17, 15) is 0 Å². The van der Waals surface area contributed by atoms with Crippen LogP contribution in [0.5, 0.6) is 0 Å². The maximum Gasteiger partial charge on any atom is 0.0684 e. The van der Waals surface area contributed by atoms with Crippen LogP contribution in [0.3, 0.4) is 0 Å². The van der Waals surface area contributed by atoms with Crippen molar-refractivity contribution in [3.8, 4) is 0 Å². The van der Waals surface area contributed by atoms with E-state index in [2.05, 4.69) is 27.7 Å². The minimum atomic E-state index is 0.188. The van der Waals surface area contributed by atoms with Crippen molar-refractivity contribution in [1.29, 1.82) is 0 Å². The summed E-state index contributed by atoms with van der Waals surface area (Å²) in [6, 6.07) is 0. The zero-order chi connectivity index (χ0) is 11.1. The number of ether oxygens (including phenoxy) is 1. The number of unbranched alkanes of at least 4 members (excludes halogenated alkanes) is 1. The molecular formula is C14H26O. The second-order valence-corrected chi connectivity index (χ2v) is 6.14. The lowest BCUT2D eigenvalue weighted by atomic mass is 9.57. The number of fused-ring (bicyclic) bond motifs is 3. The molecule has 0 aromatic rings. The van der Waals surface area contributed by atoms with Gasteiger partial charge in [-0.3, -0.25) is 0 Å². The molecule has 0 aromatic heterocycles. The van der Waals surface area contributed by atoms with E-state index in [0.717, 1.165) is 5.92 Å². The van der Waals surface area contributed by atoms with Crippen molar-refractivity contribution in [1.82, 2.24) is 0 Å². The average molecular weight is 210 g/mol. The van der Waals surface area contributed by atoms with E-state index in [1.54, 1.807) is 0 Å². The van der Waals surface area contributed by atoms with Crippen LogP contribution < -0.4 is 0 Å². The van der Waals surface area contributed by atoms with Crippen LogP contribution in [0.25, 0.3) is 0 Å². The maximum absolute atomic E-state index is 6.29. The lowest BCUT2D eigenvalue weighted by Gasteiger charge is -2.59. The molecule has 0 radical (unpaired) electrons. The molecule has 3 aliphatic rings. The Hall–Kier alpha value is -0.0400. The molecule has 1 saturated carbocycles. The fourth-order valence-corrected chi connectivity index (χ4v) is 3.70. The van der Waals surface area contributed by atoms with Gasteiger partial charge in [0.05, 0.1) is 11.7 Å². The summed E-state index contributed by atoms with van der Waals surface area (Å²) in [5.74, 6) is 0.749. The first-order chi connectivity index (χ1) is 7.02. The van der Waals surface area contributed by atoms with Gasteiger partial charge < -0.3 is 4.74 Å². The largest absolute Gasteiger partial charge is 0.371 e. The van der Waals surface area contributed by atoms with Crippen molar-refractivity contribution in [3.63, 3.8) is 0 Å². The highest BCUT2D eigenvalue weighted by molar-refractivity contribution is 5.03. The summed E-state index contributed by atoms with van der Waals surface area (Å²) < 4.78 is 6.29. The Morgan fingerprint density at radius 3 is 2.53 bits per heavy atom. The van der Waals surface area contributed by atoms with Gasteiger partial charge in [0, 0.05) is 0 Å². The third-order valence-electron chi connectivity index (χ3n) is 5.21. The molecule has 0 amide bonds. The van der Waals surface area contributed by atoms with Gasteiger partial charge in [0.15, 0.2) is 0 Å². The Bertz CT molecular complexity index is 233. The molecule has 1 nitrogen and oxygen atoms in total. The third kappa shape index (κ3) is 1.73. The summed E-state index contributed by atoms with van der Waals surface area (Å²) in [7, 11) is 0. The van der Waals surface area contributed by atoms with Gasteiger partial charge in [0.25, 0.3) is 0 Å². The van der Waals surface area contributed by atoms with Crippen molar-refractivity contribution in [2.75, 3.05) is 0 Å². The molecule has 0 N–H and O–H groups in total. The molecule has 0 aromatic carbocycles. The van der Waals surface area contributed by atoms with Crippen molar-refractivity contribution < 1.29 is 4.74 Å². The molecule has 88 valence electrons. The second kappa shape index (κ2) is 3.76. The molecule has 2 bridgehead atoms. The monoisotopic (exact) mass is 210 g/mol. The van der Waals surface area contributed by atoms with Crippen molar-refractivity contribution in [2.45, 2.75) is 77.9 Å². The molecule has 0 spiro atoms. The molecule has 3 fully saturated rings. The molecule has 2 saturated heterocycles. The molecule has 4 atom stereocenters. The molecule has 2 aliphatic heterocycles. The van der Waals surface area contributed by atoms with Gasteiger partial charge in [0.1, 0.15) is 0 Å². The maximum atomic E-state index is 6.29. The SMILES string of the molecule is CCCCC12CCC(C)(OC1C)C(C)C2. The third-order valence-corrected chi connectivity index (χ3v) is 5.21. The zero-order valence-electron chi connectivity index (χ0n) is 10.8. The summed E-state index contributed by atoms with van der Waals surface area (Å²) in [5, 5.41) is 0. The van der Waals surface area contributed by atoms with Gasteiger partial charge in [-0.2, -0.15) is 0 Å². The summed E-state index contributed by atoms with van der Waals surface area (Å²) in [6.07, 6.45) is 8.63. The van der Waals surface area contributed by atoms with Crippen LogP contribution in [0.4, 0.5) is 0 Å². The first-order valence-corrected chi connectivity index (χ1v) is 6.70. The predicted molar refractivity (Wildman–Crippen MR) is 63.9 cm³/mol. The molecule has 1 heteroatoms. The van der Waals surface area contributed by atoms with Crippen molar-refractivity contribution >= 4 is 0 Å². The van der Waals surface area contributed by atoms with Gasteiger partial charge in [-0.05, 0) is 50.9 Å². The lowest BCUT2D eigenvalue weighted by Crippen LogP contribution is -2.58. The number of rotatable bonds is 3. The van der Waals surface area contributed by atoms with E-state index in [1.165, 1.54) is 38.5 Å². The number of hydrogen-bond acceptors (Lipinski definition) is 1. The fraction of sp³-hybridized carbons (Fsp3) is 1.00. The molecule has 3 rings (SSSR count). The Morgan fingerprint density at radius 2 is 2.00 bits per heavy atom. The van der Waals surface area contributed by atoms with Gasteiger partial charge in [0.2, 0.25) is 0 Å². The summed E-state index contributed by atoms with van der Waals surface area (Å²) in [5.41, 5.74) is 0.709. The fourth-order valence-electron chi connectivity index (χ4n) is 3.70. The topological polar surface area (TPSA) is 9.23 Å². The van der Waals surface area contributed by atoms with Crippen LogP contribution in [0.15, 0.2) is 0 Å². The Labute approximate surface area is 94.6 Å². The standard InChI is InChI=1S/C14H26O/c1-5-6-7-14-9-8-13(4,11(2)10-14)15-12(14)3/h11-12H,5-10H2,1-4H3. The van der Waals surface area contributed by atoms with Crippen LogP contribution >= 0.6 is 0 Å². The molecular weight excluding hydrogens is 184 g/mol. The molecule has 4 unspecified atom stereocenters. The normalized spacial score (nSPS) is 49.6. The second-order valence-electron chi connectivity index (χ2n) is 6.14. The zero-order valence-corrected chi connectivity index (χ0v) is 10.8. The van der Waals surface area contributed by atoms with Crippen LogP contribution in [0.2, 0.25) is 0 Å². The quantitative estimate of drug-likeness (QED) is 0.679. The molecule has 1 aliphatic carbocycles. The van der Waals surface area contributed by atoms with E-state index in [1.807, 2.05) is 0 Å². The lowest BCUT2D eigenvalue weighted by molar-refractivity contribution is -0.247. The van der Waals surface area contributed by atoms with Crippen LogP contribution in [-0.4, -0.2) is 11.7 Å². The smallest absolute Gasteiger partial charge is 0.0684 e. The van der Waals surface area contributed by atoms with Crippen LogP contribution in [0, 0.1) is 11.3 Å². The number of hydrogen-bond donors (Lipinski definition) is 0. The van der Waals surface area contributed by atoms with Gasteiger partial charge in [-0.25, -0.2) is 0 Å². The predicted octanol–water partition coefficient (Wildman–Crippen LogP) is 4.16. The molecule has 15 heavy (non-hydrogen) atoms. The van der Waals surface area contributed by atoms with Gasteiger partial charge in [-0.15, -0.1) is 0 Å². The summed E-state index contributed by atoms with van der Waals surface area (Å²) >= 11 is 0. The van der Waals surface area contributed by atoms with E-state index in [4.69, 9.17) is 4.74 Å². The minimum Gasteiger partial charge on any atom is -0.371 e. The summed E-state index contributed by atoms with van der Waals surface area (Å²) in [4.78, 5) is 0. The highest BCUT2D eigenvalue weighted by atomic mass is 16.5. The average Bonchev–Trinajstić information content (AvgIpc) is 2.19. The Morgan fingerprint density at radius 1 is 1.27 bits per heavy atom. The van der Waals surface area contributed by atoms with E-state index < -0.39 is 0 Å². The van der Waals surface area contributed by atoms with Gasteiger partial charge in [-0.1, -0.05) is 26.7 Å². The first-order valence-electron chi connectivity index (χ1n) is 6.70. The van der Waals surface area contributed by atoms with Gasteiger partial charge >= 0.3 is 0 Å². The van der Waals surface area contributed by atoms with E-state index >= 15 is 0 Å². The highest BCUT2D eigenvalue weighted by Gasteiger charge is 2.54. The van der Waals surface area contributed by atoms with Crippen LogP contribution in [0.1, 0.15) is 66.2 Å². The van der Waals surface area contributed by atoms with E-state index in [-0.39, 0.29) is 5.60 Å². The molecule has 2 heterocycles. The van der Waals surface area contributed by atoms with Crippen molar-refractivity contribution in [3.05, 3.63) is 0 Å². The Kier molecular flexibility index (Phi) is 2.87. The highest BCUT2D eigenvalue weighted by Crippen LogP contribution is 2.57. The summed E-state index contributed by atoms with van der Waals surface area (Å²) in [6.45, 7) is 9.29. The Balaban J connectivity index is 2.12. The van der Waals surface area contributed by atoms with Crippen molar-refractivity contribution in [2.24, 2.45) is 11.3 Å². The first kappa shape index (κ1) is 11.4. The van der Waals surface area contributed by atoms with E-state index in [0.29, 0.717) is 11.5 Å². The van der Waals surface area contributed by atoms with Crippen LogP contribution in [-0.2, 0) is 4.74 Å². The minimum absolute atomic E-state index is 0.188.